The number of nitrogens with zero attached hydrogens (tertiary/aromatic N) is 1. The average Bonchev–Trinajstić information content (AvgIpc) is 2.38. The van der Waals surface area contributed by atoms with Gasteiger partial charge in [-0.05, 0) is 43.3 Å². The van der Waals surface area contributed by atoms with Gasteiger partial charge in [0, 0.05) is 18.3 Å². The zero-order valence-corrected chi connectivity index (χ0v) is 10.4. The van der Waals surface area contributed by atoms with Crippen LogP contribution < -0.4 is 4.90 Å². The predicted molar refractivity (Wildman–Crippen MR) is 70.9 cm³/mol. The van der Waals surface area contributed by atoms with Gasteiger partial charge < -0.3 is 4.90 Å². The highest BCUT2D eigenvalue weighted by atomic mass is 19.1. The number of rotatable bonds is 3. The summed E-state index contributed by atoms with van der Waals surface area (Å²) in [5.74, 6) is -0.245. The number of carbonyl (C=O) groups excluding carboxylic acids is 1. The summed E-state index contributed by atoms with van der Waals surface area (Å²) < 4.78 is 13.6. The second-order valence-corrected chi connectivity index (χ2v) is 4.11. The van der Waals surface area contributed by atoms with E-state index in [1.165, 1.54) is 13.0 Å². The minimum Gasteiger partial charge on any atom is -0.342 e. The van der Waals surface area contributed by atoms with Gasteiger partial charge in [0.2, 0.25) is 0 Å². The molecule has 0 radical (unpaired) electrons. The molecule has 0 aliphatic rings. The van der Waals surface area contributed by atoms with Crippen LogP contribution in [0.5, 0.6) is 0 Å². The molecule has 0 aliphatic carbocycles. The summed E-state index contributed by atoms with van der Waals surface area (Å²) >= 11 is 0. The molecule has 2 rings (SSSR count). The smallest absolute Gasteiger partial charge is 0.159 e. The molecule has 0 atom stereocenters. The fourth-order valence-corrected chi connectivity index (χ4v) is 1.78. The summed E-state index contributed by atoms with van der Waals surface area (Å²) in [6.45, 7) is 1.52. The van der Waals surface area contributed by atoms with Gasteiger partial charge >= 0.3 is 0 Å². The van der Waals surface area contributed by atoms with Crippen LogP contribution in [0.1, 0.15) is 17.3 Å². The topological polar surface area (TPSA) is 20.3 Å². The molecule has 18 heavy (non-hydrogen) atoms. The molecule has 2 aromatic carbocycles. The van der Waals surface area contributed by atoms with Crippen molar-refractivity contribution in [1.82, 2.24) is 0 Å². The van der Waals surface area contributed by atoms with Gasteiger partial charge in [-0.3, -0.25) is 4.79 Å². The highest BCUT2D eigenvalue weighted by Crippen LogP contribution is 2.26. The Morgan fingerprint density at radius 1 is 1.06 bits per heavy atom. The second kappa shape index (κ2) is 5.00. The molecule has 0 N–H and O–H groups in total. The maximum atomic E-state index is 13.6. The SMILES string of the molecule is CC(=O)c1ccc(N(C)c2ccccc2F)cc1. The first-order valence-electron chi connectivity index (χ1n) is 5.69. The third-order valence-corrected chi connectivity index (χ3v) is 2.87. The first-order chi connectivity index (χ1) is 8.59. The van der Waals surface area contributed by atoms with Gasteiger partial charge in [-0.2, -0.15) is 0 Å². The van der Waals surface area contributed by atoms with Gasteiger partial charge in [-0.15, -0.1) is 0 Å². The Labute approximate surface area is 106 Å². The van der Waals surface area contributed by atoms with E-state index in [0.29, 0.717) is 11.3 Å². The van der Waals surface area contributed by atoms with Crippen molar-refractivity contribution < 1.29 is 9.18 Å². The Hall–Kier alpha value is -2.16. The summed E-state index contributed by atoms with van der Waals surface area (Å²) in [7, 11) is 1.79. The highest BCUT2D eigenvalue weighted by Gasteiger charge is 2.08. The summed E-state index contributed by atoms with van der Waals surface area (Å²) in [6.07, 6.45) is 0. The zero-order chi connectivity index (χ0) is 13.1. The van der Waals surface area contributed by atoms with Crippen molar-refractivity contribution in [2.75, 3.05) is 11.9 Å². The number of ketones is 1. The monoisotopic (exact) mass is 243 g/mol. The Balaban J connectivity index is 2.32. The fourth-order valence-electron chi connectivity index (χ4n) is 1.78. The maximum absolute atomic E-state index is 13.6. The molecule has 2 nitrogen and oxygen atoms in total. The summed E-state index contributed by atoms with van der Waals surface area (Å²) in [4.78, 5) is 12.9. The molecule has 92 valence electrons. The number of hydrogen-bond donors (Lipinski definition) is 0. The van der Waals surface area contributed by atoms with Crippen LogP contribution in [0.15, 0.2) is 48.5 Å². The fraction of sp³-hybridized carbons (Fsp3) is 0.133. The van der Waals surface area contributed by atoms with Crippen LogP contribution in [0, 0.1) is 5.82 Å². The number of halogens is 1. The quantitative estimate of drug-likeness (QED) is 0.764. The molecular formula is C15H14FNO. The highest BCUT2D eigenvalue weighted by molar-refractivity contribution is 5.94. The summed E-state index contributed by atoms with van der Waals surface area (Å²) in [5, 5.41) is 0. The van der Waals surface area contributed by atoms with Crippen LogP contribution in [0.2, 0.25) is 0 Å². The minimum absolute atomic E-state index is 0.0232. The molecule has 0 amide bonds. The van der Waals surface area contributed by atoms with Crippen molar-refractivity contribution in [3.8, 4) is 0 Å². The molecule has 0 spiro atoms. The van der Waals surface area contributed by atoms with Gasteiger partial charge in [0.25, 0.3) is 0 Å². The molecule has 0 saturated heterocycles. The van der Waals surface area contributed by atoms with Gasteiger partial charge in [-0.1, -0.05) is 12.1 Å². The van der Waals surface area contributed by atoms with Crippen LogP contribution in [-0.2, 0) is 0 Å². The molecule has 0 saturated carbocycles. The van der Waals surface area contributed by atoms with Gasteiger partial charge in [0.05, 0.1) is 5.69 Å². The van der Waals surface area contributed by atoms with Crippen LogP contribution >= 0.6 is 0 Å². The third-order valence-electron chi connectivity index (χ3n) is 2.87. The van der Waals surface area contributed by atoms with Crippen LogP contribution in [0.25, 0.3) is 0 Å². The van der Waals surface area contributed by atoms with Crippen LogP contribution in [-0.4, -0.2) is 12.8 Å². The first kappa shape index (κ1) is 12.3. The van der Waals surface area contributed by atoms with E-state index in [4.69, 9.17) is 0 Å². The summed E-state index contributed by atoms with van der Waals surface area (Å²) in [6, 6.07) is 13.7. The van der Waals surface area contributed by atoms with E-state index >= 15 is 0 Å². The molecule has 0 heterocycles. The second-order valence-electron chi connectivity index (χ2n) is 4.11. The minimum atomic E-state index is -0.268. The van der Waals surface area contributed by atoms with Crippen LogP contribution in [0.3, 0.4) is 0 Å². The molecule has 0 fully saturated rings. The van der Waals surface area contributed by atoms with E-state index in [0.717, 1.165) is 5.69 Å². The van der Waals surface area contributed by atoms with E-state index in [1.54, 1.807) is 42.3 Å². The lowest BCUT2D eigenvalue weighted by Gasteiger charge is -2.20. The van der Waals surface area contributed by atoms with E-state index in [1.807, 2.05) is 12.1 Å². The Morgan fingerprint density at radius 3 is 2.22 bits per heavy atom. The molecule has 0 aliphatic heterocycles. The molecule has 0 unspecified atom stereocenters. The van der Waals surface area contributed by atoms with Crippen molar-refractivity contribution in [2.24, 2.45) is 0 Å². The normalized spacial score (nSPS) is 10.2. The predicted octanol–water partition coefficient (Wildman–Crippen LogP) is 3.80. The van der Waals surface area contributed by atoms with E-state index in [2.05, 4.69) is 0 Å². The lowest BCUT2D eigenvalue weighted by Crippen LogP contribution is -2.11. The lowest BCUT2D eigenvalue weighted by atomic mass is 10.1. The average molecular weight is 243 g/mol. The number of anilines is 2. The maximum Gasteiger partial charge on any atom is 0.159 e. The summed E-state index contributed by atoms with van der Waals surface area (Å²) in [5.41, 5.74) is 2.00. The standard InChI is InChI=1S/C15H14FNO/c1-11(18)12-7-9-13(10-8-12)17(2)15-6-4-3-5-14(15)16/h3-10H,1-2H3. The van der Waals surface area contributed by atoms with E-state index in [-0.39, 0.29) is 11.6 Å². The van der Waals surface area contributed by atoms with Crippen LogP contribution in [0.4, 0.5) is 15.8 Å². The number of para-hydroxylation sites is 1. The Bertz CT molecular complexity index is 563. The molecule has 3 heteroatoms. The van der Waals surface area contributed by atoms with Crippen molar-refractivity contribution in [3.63, 3.8) is 0 Å². The molecule has 0 bridgehead atoms. The number of Topliss-reactive ketones (excluding diaryl/α,β-unsaturated/α-hetero) is 1. The number of hydrogen-bond acceptors (Lipinski definition) is 2. The van der Waals surface area contributed by atoms with Crippen molar-refractivity contribution >= 4 is 17.2 Å². The Kier molecular flexibility index (Phi) is 3.42. The van der Waals surface area contributed by atoms with Crippen molar-refractivity contribution in [3.05, 3.63) is 59.9 Å². The van der Waals surface area contributed by atoms with Gasteiger partial charge in [0.15, 0.2) is 5.78 Å². The largest absolute Gasteiger partial charge is 0.342 e. The van der Waals surface area contributed by atoms with Crippen molar-refractivity contribution in [2.45, 2.75) is 6.92 Å². The first-order valence-corrected chi connectivity index (χ1v) is 5.69. The third kappa shape index (κ3) is 2.40. The molecular weight excluding hydrogens is 229 g/mol. The van der Waals surface area contributed by atoms with Gasteiger partial charge in [-0.25, -0.2) is 4.39 Å². The Morgan fingerprint density at radius 2 is 1.67 bits per heavy atom. The number of benzene rings is 2. The lowest BCUT2D eigenvalue weighted by molar-refractivity contribution is 0.101. The van der Waals surface area contributed by atoms with E-state index < -0.39 is 0 Å². The van der Waals surface area contributed by atoms with Crippen molar-refractivity contribution in [1.29, 1.82) is 0 Å². The van der Waals surface area contributed by atoms with E-state index in [9.17, 15) is 9.18 Å². The molecule has 0 aromatic heterocycles. The zero-order valence-electron chi connectivity index (χ0n) is 10.4. The number of carbonyl (C=O) groups is 1. The van der Waals surface area contributed by atoms with Gasteiger partial charge in [0.1, 0.15) is 5.82 Å². The molecule has 2 aromatic rings.